The third-order valence-electron chi connectivity index (χ3n) is 8.49. The highest BCUT2D eigenvalue weighted by Gasteiger charge is 2.20. The number of carbonyl (C=O) groups is 6. The number of carboxylic acids is 2. The molecule has 0 aromatic carbocycles. The van der Waals surface area contributed by atoms with Crippen molar-refractivity contribution in [3.8, 4) is 0 Å². The zero-order valence-electron chi connectivity index (χ0n) is 39.5. The molecule has 382 valence electrons. The van der Waals surface area contributed by atoms with Gasteiger partial charge in [-0.25, -0.2) is 4.79 Å². The standard InChI is InChI=1S/C37H66N2O12.3C2H6S2.CH4/c1-31(40)29-50-27-26-49-24-22-38-35(43)30-51-28-25-48-23-16-17-32(41)20-21-33(37(46)47)39-34(42)18-14-12-10-8-6-4-2-3-5-7-9-11-13-15-19-36(44)45;3*1-3-4-2;/h33H,2-30H2,1H3,(H,38,43)(H,39,42)(H,44,45)(H,46,47);3*1-2H3;1H4/t33-;;;;/m0..../s1. The summed E-state index contributed by atoms with van der Waals surface area (Å²) < 4.78 is 21.0. The lowest BCUT2D eigenvalue weighted by Crippen LogP contribution is -2.41. The van der Waals surface area contributed by atoms with Gasteiger partial charge in [-0.15, -0.1) is 0 Å². The van der Waals surface area contributed by atoms with E-state index in [-0.39, 0.29) is 89.3 Å². The first-order valence-corrected chi connectivity index (χ1v) is 30.8. The molecule has 0 aliphatic heterocycles. The summed E-state index contributed by atoms with van der Waals surface area (Å²) in [5.74, 6) is -2.59. The number of carbonyl (C=O) groups excluding carboxylic acids is 4. The zero-order valence-corrected chi connectivity index (χ0v) is 44.4. The van der Waals surface area contributed by atoms with Gasteiger partial charge < -0.3 is 39.8 Å². The van der Waals surface area contributed by atoms with Crippen molar-refractivity contribution < 1.29 is 57.9 Å². The van der Waals surface area contributed by atoms with E-state index in [1.54, 1.807) is 64.8 Å². The van der Waals surface area contributed by atoms with E-state index in [0.29, 0.717) is 45.8 Å². The van der Waals surface area contributed by atoms with E-state index in [4.69, 9.17) is 24.1 Å². The summed E-state index contributed by atoms with van der Waals surface area (Å²) in [5.41, 5.74) is 0. The highest BCUT2D eigenvalue weighted by molar-refractivity contribution is 8.76. The molecule has 0 heterocycles. The Hall–Kier alpha value is -0.840. The van der Waals surface area contributed by atoms with Crippen LogP contribution in [0, 0.1) is 0 Å². The Labute approximate surface area is 412 Å². The lowest BCUT2D eigenvalue weighted by Gasteiger charge is -2.14. The normalized spacial score (nSPS) is 10.7. The van der Waals surface area contributed by atoms with Crippen LogP contribution >= 0.6 is 64.8 Å². The number of ketones is 2. The van der Waals surface area contributed by atoms with Crippen molar-refractivity contribution in [1.29, 1.82) is 0 Å². The minimum Gasteiger partial charge on any atom is -0.481 e. The summed E-state index contributed by atoms with van der Waals surface area (Å²) in [7, 11) is 10.6. The van der Waals surface area contributed by atoms with Gasteiger partial charge in [-0.05, 0) is 70.1 Å². The maximum absolute atomic E-state index is 12.3. The van der Waals surface area contributed by atoms with Crippen LogP contribution in [0.2, 0.25) is 0 Å². The molecule has 0 spiro atoms. The zero-order chi connectivity index (χ0) is 48.0. The third-order valence-corrected chi connectivity index (χ3v) is 12.5. The van der Waals surface area contributed by atoms with Gasteiger partial charge in [-0.3, -0.25) is 24.0 Å². The van der Waals surface area contributed by atoms with Gasteiger partial charge in [-0.1, -0.05) is 149 Å². The van der Waals surface area contributed by atoms with E-state index in [1.165, 1.54) is 51.9 Å². The van der Waals surface area contributed by atoms with E-state index in [9.17, 15) is 33.9 Å². The van der Waals surface area contributed by atoms with Crippen LogP contribution in [0.1, 0.15) is 143 Å². The number of Topliss-reactive ketones (excluding diaryl/α,β-unsaturated/α-hetero) is 2. The molecule has 0 saturated carbocycles. The second-order valence-electron chi connectivity index (χ2n) is 13.9. The Bertz CT molecular complexity index is 1060. The van der Waals surface area contributed by atoms with Crippen LogP contribution in [-0.4, -0.2) is 149 Å². The van der Waals surface area contributed by atoms with Crippen molar-refractivity contribution in [1.82, 2.24) is 10.6 Å². The molecule has 2 amide bonds. The van der Waals surface area contributed by atoms with Gasteiger partial charge in [-0.2, -0.15) is 0 Å². The molecule has 0 aliphatic rings. The number of rotatable bonds is 42. The molecular formula is C44H88N2O12S6. The smallest absolute Gasteiger partial charge is 0.326 e. The Morgan fingerprint density at radius 3 is 1.30 bits per heavy atom. The molecular weight excluding hydrogens is 941 g/mol. The van der Waals surface area contributed by atoms with Crippen LogP contribution in [0.4, 0.5) is 0 Å². The molecule has 20 heteroatoms. The van der Waals surface area contributed by atoms with Gasteiger partial charge in [0.25, 0.3) is 0 Å². The molecule has 0 aromatic rings. The van der Waals surface area contributed by atoms with Crippen molar-refractivity contribution in [2.45, 2.75) is 149 Å². The van der Waals surface area contributed by atoms with Gasteiger partial charge in [0.1, 0.15) is 25.0 Å². The third kappa shape index (κ3) is 70.2. The number of ether oxygens (including phenoxy) is 4. The fourth-order valence-electron chi connectivity index (χ4n) is 5.14. The quantitative estimate of drug-likeness (QED) is 0.0332. The van der Waals surface area contributed by atoms with Crippen molar-refractivity contribution in [2.75, 3.05) is 96.9 Å². The molecule has 0 aliphatic carbocycles. The van der Waals surface area contributed by atoms with Crippen molar-refractivity contribution >= 4 is 100 Å². The molecule has 1 atom stereocenters. The number of aliphatic carboxylic acids is 2. The average Bonchev–Trinajstić information content (AvgIpc) is 3.26. The summed E-state index contributed by atoms with van der Waals surface area (Å²) in [6.07, 6.45) is 28.9. The van der Waals surface area contributed by atoms with Crippen LogP contribution in [0.3, 0.4) is 0 Å². The van der Waals surface area contributed by atoms with Crippen molar-refractivity contribution in [2.24, 2.45) is 0 Å². The first kappa shape index (κ1) is 72.1. The number of carboxylic acid groups (broad SMARTS) is 2. The Morgan fingerprint density at radius 1 is 0.469 bits per heavy atom. The maximum atomic E-state index is 12.3. The van der Waals surface area contributed by atoms with E-state index >= 15 is 0 Å². The van der Waals surface area contributed by atoms with Crippen LogP contribution in [0.5, 0.6) is 0 Å². The molecule has 0 fully saturated rings. The number of hydrogen-bond acceptors (Lipinski definition) is 16. The Balaban J connectivity index is -0.000000786. The minimum atomic E-state index is -1.15. The van der Waals surface area contributed by atoms with E-state index < -0.39 is 18.0 Å². The van der Waals surface area contributed by atoms with Gasteiger partial charge in [0.05, 0.1) is 33.0 Å². The second-order valence-corrected chi connectivity index (χ2v) is 21.9. The molecule has 0 bridgehead atoms. The fraction of sp³-hybridized carbons (Fsp3) is 0.864. The van der Waals surface area contributed by atoms with Crippen molar-refractivity contribution in [3.63, 3.8) is 0 Å². The topological polar surface area (TPSA) is 204 Å². The maximum Gasteiger partial charge on any atom is 0.326 e. The molecule has 0 radical (unpaired) electrons. The first-order valence-electron chi connectivity index (χ1n) is 21.9. The van der Waals surface area contributed by atoms with E-state index in [0.717, 1.165) is 38.5 Å². The van der Waals surface area contributed by atoms with E-state index in [1.807, 2.05) is 0 Å². The number of nitrogens with one attached hydrogen (secondary N) is 2. The molecule has 14 nitrogen and oxygen atoms in total. The van der Waals surface area contributed by atoms with Gasteiger partial charge in [0, 0.05) is 38.8 Å². The first-order chi connectivity index (χ1) is 30.4. The van der Waals surface area contributed by atoms with Crippen molar-refractivity contribution in [3.05, 3.63) is 0 Å². The predicted octanol–water partition coefficient (Wildman–Crippen LogP) is 10.3. The summed E-state index contributed by atoms with van der Waals surface area (Å²) in [6.45, 7) is 3.47. The Morgan fingerprint density at radius 2 is 0.875 bits per heavy atom. The molecule has 4 N–H and O–H groups in total. The predicted molar refractivity (Wildman–Crippen MR) is 279 cm³/mol. The summed E-state index contributed by atoms with van der Waals surface area (Å²) >= 11 is 0. The lowest BCUT2D eigenvalue weighted by atomic mass is 10.0. The largest absolute Gasteiger partial charge is 0.481 e. The summed E-state index contributed by atoms with van der Waals surface area (Å²) in [5, 5.41) is 23.3. The molecule has 0 saturated heterocycles. The van der Waals surface area contributed by atoms with Gasteiger partial charge >= 0.3 is 11.9 Å². The van der Waals surface area contributed by atoms with Crippen LogP contribution in [0.15, 0.2) is 0 Å². The van der Waals surface area contributed by atoms with E-state index in [2.05, 4.69) is 48.2 Å². The lowest BCUT2D eigenvalue weighted by molar-refractivity contribution is -0.142. The number of hydrogen-bond donors (Lipinski definition) is 4. The second kappa shape index (κ2) is 62.2. The molecule has 0 rings (SSSR count). The van der Waals surface area contributed by atoms with Gasteiger partial charge in [0.15, 0.2) is 5.78 Å². The fourth-order valence-corrected chi connectivity index (χ4v) is 5.14. The minimum absolute atomic E-state index is 0. The molecule has 64 heavy (non-hydrogen) atoms. The average molecular weight is 1030 g/mol. The van der Waals surface area contributed by atoms with Crippen LogP contribution in [0.25, 0.3) is 0 Å². The number of unbranched alkanes of at least 4 members (excludes halogenated alkanes) is 13. The highest BCUT2D eigenvalue weighted by atomic mass is 33.1. The molecule has 0 aromatic heterocycles. The Kier molecular flexibility index (Phi) is 70.1. The summed E-state index contributed by atoms with van der Waals surface area (Å²) in [4.78, 5) is 69.1. The van der Waals surface area contributed by atoms with Crippen LogP contribution < -0.4 is 10.6 Å². The SMILES string of the molecule is C.CC(=O)COCCOCCNC(=O)COCCOCCCC(=O)CC[C@H](NC(=O)CCCCCCCCCCCCCCCCC(=O)O)C(=O)O.CSSC.CSSC.CSSC. The van der Waals surface area contributed by atoms with Crippen LogP contribution in [-0.2, 0) is 47.7 Å². The molecule has 0 unspecified atom stereocenters. The number of amides is 2. The summed E-state index contributed by atoms with van der Waals surface area (Å²) in [6, 6.07) is -1.09. The monoisotopic (exact) mass is 1030 g/mol. The highest BCUT2D eigenvalue weighted by Crippen LogP contribution is 2.14. The van der Waals surface area contributed by atoms with Gasteiger partial charge in [0.2, 0.25) is 11.8 Å².